The number of carbonyl (C=O) groups is 2. The van der Waals surface area contributed by atoms with Gasteiger partial charge in [0.25, 0.3) is 0 Å². The Morgan fingerprint density at radius 3 is 2.45 bits per heavy atom. The zero-order valence-corrected chi connectivity index (χ0v) is 20.1. The number of nitrogens with zero attached hydrogens (tertiary/aromatic N) is 1. The first-order valence-corrected chi connectivity index (χ1v) is 11.3. The van der Waals surface area contributed by atoms with Crippen molar-refractivity contribution in [3.8, 4) is 5.75 Å². The molecule has 0 saturated carbocycles. The van der Waals surface area contributed by atoms with E-state index in [-0.39, 0.29) is 11.5 Å². The van der Waals surface area contributed by atoms with Crippen molar-refractivity contribution in [2.24, 2.45) is 0 Å². The summed E-state index contributed by atoms with van der Waals surface area (Å²) in [6.07, 6.45) is 4.74. The third-order valence-corrected chi connectivity index (χ3v) is 5.45. The van der Waals surface area contributed by atoms with Crippen LogP contribution in [0.5, 0.6) is 5.75 Å². The molecule has 176 valence electrons. The maximum Gasteiger partial charge on any atom is 0.335 e. The first kappa shape index (κ1) is 24.4. The molecule has 0 fully saturated rings. The van der Waals surface area contributed by atoms with E-state index in [9.17, 15) is 14.7 Å². The van der Waals surface area contributed by atoms with E-state index in [1.807, 2.05) is 26.8 Å². The normalized spacial score (nSPS) is 11.5. The van der Waals surface area contributed by atoms with Crippen LogP contribution in [0.4, 0.5) is 0 Å². The molecule has 0 unspecified atom stereocenters. The third kappa shape index (κ3) is 6.15. The smallest absolute Gasteiger partial charge is 0.335 e. The topological polar surface area (TPSA) is 77.8 Å². The summed E-state index contributed by atoms with van der Waals surface area (Å²) in [6.45, 7) is 8.67. The molecular formula is C27H33NO5. The fourth-order valence-electron chi connectivity index (χ4n) is 4.01. The van der Waals surface area contributed by atoms with Gasteiger partial charge in [0.2, 0.25) is 0 Å². The van der Waals surface area contributed by atoms with Crippen molar-refractivity contribution < 1.29 is 24.2 Å². The van der Waals surface area contributed by atoms with Crippen molar-refractivity contribution in [1.29, 1.82) is 0 Å². The molecule has 0 aliphatic carbocycles. The summed E-state index contributed by atoms with van der Waals surface area (Å²) in [7, 11) is 1.56. The summed E-state index contributed by atoms with van der Waals surface area (Å²) in [5.41, 5.74) is 4.01. The Bertz CT molecular complexity index is 1150. The summed E-state index contributed by atoms with van der Waals surface area (Å²) in [5.74, 6) is -0.615. The van der Waals surface area contributed by atoms with E-state index in [4.69, 9.17) is 9.47 Å². The summed E-state index contributed by atoms with van der Waals surface area (Å²) in [5, 5.41) is 10.4. The van der Waals surface area contributed by atoms with Crippen molar-refractivity contribution in [3.63, 3.8) is 0 Å². The molecule has 6 nitrogen and oxygen atoms in total. The average molecular weight is 452 g/mol. The van der Waals surface area contributed by atoms with Crippen LogP contribution in [0.1, 0.15) is 67.6 Å². The van der Waals surface area contributed by atoms with Gasteiger partial charge in [-0.1, -0.05) is 19.1 Å². The number of fused-ring (bicyclic) bond motifs is 1. The lowest BCUT2D eigenvalue weighted by Gasteiger charge is -2.19. The van der Waals surface area contributed by atoms with Gasteiger partial charge in [-0.05, 0) is 74.6 Å². The molecule has 2 aromatic carbocycles. The highest BCUT2D eigenvalue weighted by molar-refractivity contribution is 5.88. The van der Waals surface area contributed by atoms with E-state index < -0.39 is 11.6 Å². The molecule has 0 spiro atoms. The maximum atomic E-state index is 12.2. The number of methoxy groups -OCH3 is 1. The van der Waals surface area contributed by atoms with Crippen LogP contribution in [0.15, 0.2) is 42.6 Å². The monoisotopic (exact) mass is 451 g/mol. The van der Waals surface area contributed by atoms with Crippen molar-refractivity contribution >= 4 is 22.8 Å². The number of ether oxygens (including phenoxy) is 2. The zero-order valence-electron chi connectivity index (χ0n) is 20.1. The van der Waals surface area contributed by atoms with Gasteiger partial charge in [-0.2, -0.15) is 0 Å². The van der Waals surface area contributed by atoms with Crippen LogP contribution in [0.3, 0.4) is 0 Å². The molecule has 6 heteroatoms. The molecule has 0 bridgehead atoms. The van der Waals surface area contributed by atoms with Gasteiger partial charge >= 0.3 is 11.9 Å². The van der Waals surface area contributed by atoms with Crippen LogP contribution in [0, 0.1) is 0 Å². The number of esters is 1. The van der Waals surface area contributed by atoms with E-state index in [1.54, 1.807) is 19.2 Å². The van der Waals surface area contributed by atoms with Crippen LogP contribution in [0.25, 0.3) is 10.9 Å². The van der Waals surface area contributed by atoms with E-state index in [1.165, 1.54) is 0 Å². The number of carbonyl (C=O) groups excluding carboxylic acids is 1. The molecule has 1 heterocycles. The molecule has 0 atom stereocenters. The highest BCUT2D eigenvalue weighted by Gasteiger charge is 2.17. The second-order valence-corrected chi connectivity index (χ2v) is 9.29. The molecule has 3 rings (SSSR count). The minimum Gasteiger partial charge on any atom is -0.496 e. The number of hydrogen-bond acceptors (Lipinski definition) is 4. The van der Waals surface area contributed by atoms with E-state index in [0.29, 0.717) is 25.0 Å². The van der Waals surface area contributed by atoms with Crippen LogP contribution in [-0.2, 0) is 28.9 Å². The molecule has 3 aromatic rings. The van der Waals surface area contributed by atoms with Gasteiger partial charge < -0.3 is 19.1 Å². The molecule has 0 saturated heterocycles. The average Bonchev–Trinajstić information content (AvgIpc) is 3.08. The first-order valence-electron chi connectivity index (χ1n) is 11.3. The molecule has 0 aliphatic rings. The summed E-state index contributed by atoms with van der Waals surface area (Å²) < 4.78 is 13.2. The van der Waals surface area contributed by atoms with Gasteiger partial charge in [0.05, 0.1) is 12.7 Å². The third-order valence-electron chi connectivity index (χ3n) is 5.45. The zero-order chi connectivity index (χ0) is 24.2. The van der Waals surface area contributed by atoms with Crippen LogP contribution < -0.4 is 4.74 Å². The largest absolute Gasteiger partial charge is 0.496 e. The Balaban J connectivity index is 1.92. The van der Waals surface area contributed by atoms with E-state index >= 15 is 0 Å². The molecule has 1 aromatic heterocycles. The van der Waals surface area contributed by atoms with Crippen LogP contribution >= 0.6 is 0 Å². The van der Waals surface area contributed by atoms with Crippen LogP contribution in [0.2, 0.25) is 0 Å². The molecule has 33 heavy (non-hydrogen) atoms. The van der Waals surface area contributed by atoms with Gasteiger partial charge in [-0.25, -0.2) is 4.79 Å². The first-order chi connectivity index (χ1) is 15.6. The fraction of sp³-hybridized carbons (Fsp3) is 0.407. The Kier molecular flexibility index (Phi) is 7.46. The van der Waals surface area contributed by atoms with Gasteiger partial charge in [0.15, 0.2) is 0 Å². The Hall–Kier alpha value is -3.28. The summed E-state index contributed by atoms with van der Waals surface area (Å²) in [6, 6.07) is 11.3. The lowest BCUT2D eigenvalue weighted by molar-refractivity contribution is -0.154. The minimum absolute atomic E-state index is 0.199. The van der Waals surface area contributed by atoms with Crippen molar-refractivity contribution in [1.82, 2.24) is 4.57 Å². The predicted molar refractivity (Wildman–Crippen MR) is 129 cm³/mol. The number of carboxylic acids is 1. The minimum atomic E-state index is -0.978. The number of hydrogen-bond donors (Lipinski definition) is 1. The fourth-order valence-corrected chi connectivity index (χ4v) is 4.01. The highest BCUT2D eigenvalue weighted by Crippen LogP contribution is 2.30. The molecular weight excluding hydrogens is 418 g/mol. The number of aromatic carboxylic acids is 1. The van der Waals surface area contributed by atoms with E-state index in [2.05, 4.69) is 35.9 Å². The predicted octanol–water partition coefficient (Wildman–Crippen LogP) is 5.62. The van der Waals surface area contributed by atoms with Gasteiger partial charge in [-0.15, -0.1) is 0 Å². The summed E-state index contributed by atoms with van der Waals surface area (Å²) in [4.78, 5) is 23.5. The second-order valence-electron chi connectivity index (χ2n) is 9.29. The molecule has 0 amide bonds. The van der Waals surface area contributed by atoms with Crippen molar-refractivity contribution in [2.75, 3.05) is 7.11 Å². The quantitative estimate of drug-likeness (QED) is 0.427. The Morgan fingerprint density at radius 1 is 1.06 bits per heavy atom. The van der Waals surface area contributed by atoms with E-state index in [0.717, 1.165) is 40.6 Å². The standard InChI is InChI=1S/C27H33NO5/c1-6-13-28-17-21(15-19-9-10-20(26(30)31)16-24(19)32-5)22-14-18(7-11-23(22)28)8-12-25(29)33-27(2,3)4/h7,9-11,14,16-17H,6,8,12-13,15H2,1-5H3,(H,30,31). The van der Waals surface area contributed by atoms with Gasteiger partial charge in [-0.3, -0.25) is 4.79 Å². The van der Waals surface area contributed by atoms with Gasteiger partial charge in [0.1, 0.15) is 11.4 Å². The number of rotatable bonds is 9. The maximum absolute atomic E-state index is 12.2. The molecule has 0 radical (unpaired) electrons. The second kappa shape index (κ2) is 10.1. The van der Waals surface area contributed by atoms with Crippen LogP contribution in [-0.4, -0.2) is 34.3 Å². The number of benzene rings is 2. The van der Waals surface area contributed by atoms with Crippen molar-refractivity contribution in [3.05, 3.63) is 64.8 Å². The lowest BCUT2D eigenvalue weighted by Crippen LogP contribution is -2.24. The number of aromatic nitrogens is 1. The highest BCUT2D eigenvalue weighted by atomic mass is 16.6. The molecule has 0 aliphatic heterocycles. The van der Waals surface area contributed by atoms with Gasteiger partial charge in [0, 0.05) is 36.5 Å². The number of carboxylic acid groups (broad SMARTS) is 1. The molecule has 1 N–H and O–H groups in total. The Labute approximate surface area is 195 Å². The Morgan fingerprint density at radius 2 is 1.82 bits per heavy atom. The SMILES string of the molecule is CCCn1cc(Cc2ccc(C(=O)O)cc2OC)c2cc(CCC(=O)OC(C)(C)C)ccc21. The lowest BCUT2D eigenvalue weighted by atomic mass is 10.00. The number of aryl methyl sites for hydroxylation is 2. The van der Waals surface area contributed by atoms with Crippen molar-refractivity contribution in [2.45, 2.75) is 65.5 Å². The summed E-state index contributed by atoms with van der Waals surface area (Å²) >= 11 is 0.